The summed E-state index contributed by atoms with van der Waals surface area (Å²) in [4.78, 5) is 34.5. The van der Waals surface area contributed by atoms with Crippen LogP contribution in [0.3, 0.4) is 0 Å². The molecule has 1 aromatic heterocycles. The molecule has 2 rings (SSSR count). The molecule has 2 aromatic rings. The van der Waals surface area contributed by atoms with Gasteiger partial charge in [-0.15, -0.1) is 0 Å². The number of hydrogen-bond donors (Lipinski definition) is 1. The molecule has 0 fully saturated rings. The number of amides is 1. The van der Waals surface area contributed by atoms with E-state index in [1.807, 2.05) is 39.0 Å². The van der Waals surface area contributed by atoms with Crippen molar-refractivity contribution in [1.29, 1.82) is 0 Å². The lowest BCUT2D eigenvalue weighted by Gasteiger charge is -2.16. The van der Waals surface area contributed by atoms with E-state index >= 15 is 0 Å². The van der Waals surface area contributed by atoms with Gasteiger partial charge in [0.05, 0.1) is 11.0 Å². The van der Waals surface area contributed by atoms with E-state index in [9.17, 15) is 19.7 Å². The first-order valence-electron chi connectivity index (χ1n) is 8.80. The number of nitro groups is 1. The van der Waals surface area contributed by atoms with E-state index < -0.39 is 23.4 Å². The second kappa shape index (κ2) is 8.64. The van der Waals surface area contributed by atoms with Crippen molar-refractivity contribution < 1.29 is 19.2 Å². The quantitative estimate of drug-likeness (QED) is 0.442. The second-order valence-corrected chi connectivity index (χ2v) is 6.73. The SMILES string of the molecule is Cc1ccc([C@H](C)NC(=O)COC(=O)Cn2nc(C)c([N+](=O)[O-])c2C)cc1C. The molecule has 1 heterocycles. The molecule has 1 atom stereocenters. The summed E-state index contributed by atoms with van der Waals surface area (Å²) < 4.78 is 6.17. The molecule has 0 saturated carbocycles. The number of rotatable bonds is 7. The highest BCUT2D eigenvalue weighted by atomic mass is 16.6. The summed E-state index contributed by atoms with van der Waals surface area (Å²) in [5.74, 6) is -1.13. The topological polar surface area (TPSA) is 116 Å². The lowest BCUT2D eigenvalue weighted by atomic mass is 10.0. The number of hydrogen-bond acceptors (Lipinski definition) is 6. The Morgan fingerprint density at radius 3 is 2.50 bits per heavy atom. The molecule has 0 aliphatic rings. The molecule has 150 valence electrons. The molecule has 1 amide bonds. The van der Waals surface area contributed by atoms with Crippen LogP contribution in [0.1, 0.15) is 41.0 Å². The summed E-state index contributed by atoms with van der Waals surface area (Å²) in [6, 6.07) is 5.70. The summed E-state index contributed by atoms with van der Waals surface area (Å²) in [6.45, 7) is 8.12. The molecule has 0 bridgehead atoms. The van der Waals surface area contributed by atoms with Crippen LogP contribution in [0.4, 0.5) is 5.69 Å². The summed E-state index contributed by atoms with van der Waals surface area (Å²) in [5.41, 5.74) is 3.60. The Morgan fingerprint density at radius 2 is 1.93 bits per heavy atom. The highest BCUT2D eigenvalue weighted by Gasteiger charge is 2.23. The molecule has 0 saturated heterocycles. The standard InChI is InChI=1S/C19H24N4O5/c1-11-6-7-16(8-12(11)2)13(3)20-17(24)10-28-18(25)9-22-15(5)19(23(26)27)14(4)21-22/h6-8,13H,9-10H2,1-5H3,(H,20,24)/t13-/m0/s1. The molecule has 1 N–H and O–H groups in total. The first-order valence-corrected chi connectivity index (χ1v) is 8.80. The number of aromatic nitrogens is 2. The number of ether oxygens (including phenoxy) is 1. The maximum atomic E-state index is 12.0. The van der Waals surface area contributed by atoms with Crippen LogP contribution < -0.4 is 5.32 Å². The Balaban J connectivity index is 1.88. The zero-order chi connectivity index (χ0) is 21.0. The minimum atomic E-state index is -0.700. The minimum Gasteiger partial charge on any atom is -0.454 e. The van der Waals surface area contributed by atoms with Crippen LogP contribution in [0, 0.1) is 37.8 Å². The van der Waals surface area contributed by atoms with Crippen LogP contribution in [0.5, 0.6) is 0 Å². The van der Waals surface area contributed by atoms with E-state index in [0.29, 0.717) is 0 Å². The number of carbonyl (C=O) groups is 2. The first-order chi connectivity index (χ1) is 13.1. The van der Waals surface area contributed by atoms with Gasteiger partial charge in [-0.25, -0.2) is 0 Å². The van der Waals surface area contributed by atoms with Gasteiger partial charge in [0.2, 0.25) is 0 Å². The first kappa shape index (κ1) is 21.1. The molecular weight excluding hydrogens is 364 g/mol. The van der Waals surface area contributed by atoms with Crippen LogP contribution in [0.2, 0.25) is 0 Å². The highest BCUT2D eigenvalue weighted by molar-refractivity contribution is 5.80. The van der Waals surface area contributed by atoms with E-state index in [-0.39, 0.29) is 29.7 Å². The lowest BCUT2D eigenvalue weighted by Crippen LogP contribution is -2.31. The van der Waals surface area contributed by atoms with Crippen molar-refractivity contribution in [2.24, 2.45) is 0 Å². The van der Waals surface area contributed by atoms with Gasteiger partial charge in [0.15, 0.2) is 6.61 Å². The third-order valence-corrected chi connectivity index (χ3v) is 4.58. The Hall–Kier alpha value is -3.23. The van der Waals surface area contributed by atoms with E-state index in [2.05, 4.69) is 10.4 Å². The van der Waals surface area contributed by atoms with Gasteiger partial charge in [-0.3, -0.25) is 24.4 Å². The van der Waals surface area contributed by atoms with Crippen molar-refractivity contribution in [2.75, 3.05) is 6.61 Å². The molecular formula is C19H24N4O5. The maximum absolute atomic E-state index is 12.0. The average Bonchev–Trinajstić information content (AvgIpc) is 2.89. The van der Waals surface area contributed by atoms with Crippen LogP contribution in [-0.4, -0.2) is 33.2 Å². The molecule has 9 heteroatoms. The Labute approximate surface area is 162 Å². The number of esters is 1. The summed E-state index contributed by atoms with van der Waals surface area (Å²) in [6.07, 6.45) is 0. The minimum absolute atomic E-state index is 0.132. The molecule has 9 nitrogen and oxygen atoms in total. The van der Waals surface area contributed by atoms with Gasteiger partial charge in [-0.1, -0.05) is 18.2 Å². The average molecular weight is 388 g/mol. The van der Waals surface area contributed by atoms with Gasteiger partial charge in [-0.05, 0) is 51.3 Å². The van der Waals surface area contributed by atoms with E-state index in [1.54, 1.807) is 0 Å². The fourth-order valence-corrected chi connectivity index (χ4v) is 2.82. The molecule has 0 spiro atoms. The molecule has 0 radical (unpaired) electrons. The van der Waals surface area contributed by atoms with Crippen molar-refractivity contribution in [1.82, 2.24) is 15.1 Å². The van der Waals surface area contributed by atoms with Crippen molar-refractivity contribution >= 4 is 17.6 Å². The van der Waals surface area contributed by atoms with Crippen LogP contribution in [0.25, 0.3) is 0 Å². The van der Waals surface area contributed by atoms with E-state index in [1.165, 1.54) is 24.1 Å². The maximum Gasteiger partial charge on any atom is 0.328 e. The molecule has 1 aromatic carbocycles. The zero-order valence-electron chi connectivity index (χ0n) is 16.6. The predicted octanol–water partition coefficient (Wildman–Crippen LogP) is 2.45. The monoisotopic (exact) mass is 388 g/mol. The van der Waals surface area contributed by atoms with Gasteiger partial charge >= 0.3 is 11.7 Å². The third kappa shape index (κ3) is 4.93. The normalized spacial score (nSPS) is 11.8. The number of benzene rings is 1. The number of nitrogens with one attached hydrogen (secondary N) is 1. The van der Waals surface area contributed by atoms with Gasteiger partial charge in [0, 0.05) is 0 Å². The van der Waals surface area contributed by atoms with Crippen molar-refractivity contribution in [3.63, 3.8) is 0 Å². The Morgan fingerprint density at radius 1 is 1.25 bits per heavy atom. The predicted molar refractivity (Wildman–Crippen MR) is 102 cm³/mol. The van der Waals surface area contributed by atoms with Crippen molar-refractivity contribution in [3.05, 3.63) is 56.4 Å². The zero-order valence-corrected chi connectivity index (χ0v) is 16.6. The number of aryl methyl sites for hydroxylation is 3. The number of nitrogens with zero attached hydrogens (tertiary/aromatic N) is 3. The summed E-state index contributed by atoms with van der Waals surface area (Å²) in [7, 11) is 0. The van der Waals surface area contributed by atoms with Crippen LogP contribution in [0.15, 0.2) is 18.2 Å². The largest absolute Gasteiger partial charge is 0.454 e. The molecule has 0 aliphatic carbocycles. The van der Waals surface area contributed by atoms with E-state index in [0.717, 1.165) is 11.1 Å². The van der Waals surface area contributed by atoms with Gasteiger partial charge < -0.3 is 10.1 Å². The summed E-state index contributed by atoms with van der Waals surface area (Å²) >= 11 is 0. The Kier molecular flexibility index (Phi) is 6.50. The van der Waals surface area contributed by atoms with Gasteiger partial charge in [0.25, 0.3) is 5.91 Å². The van der Waals surface area contributed by atoms with E-state index in [4.69, 9.17) is 4.74 Å². The van der Waals surface area contributed by atoms with Crippen molar-refractivity contribution in [3.8, 4) is 0 Å². The molecule has 0 unspecified atom stereocenters. The lowest BCUT2D eigenvalue weighted by molar-refractivity contribution is -0.386. The number of carbonyl (C=O) groups excluding carboxylic acids is 2. The summed E-state index contributed by atoms with van der Waals surface area (Å²) in [5, 5.41) is 17.7. The molecule has 0 aliphatic heterocycles. The Bertz CT molecular complexity index is 919. The van der Waals surface area contributed by atoms with Crippen LogP contribution in [-0.2, 0) is 20.9 Å². The fraction of sp³-hybridized carbons (Fsp3) is 0.421. The van der Waals surface area contributed by atoms with Gasteiger partial charge in [-0.2, -0.15) is 5.10 Å². The highest BCUT2D eigenvalue weighted by Crippen LogP contribution is 2.21. The third-order valence-electron chi connectivity index (χ3n) is 4.58. The molecule has 28 heavy (non-hydrogen) atoms. The fourth-order valence-electron chi connectivity index (χ4n) is 2.82. The van der Waals surface area contributed by atoms with Crippen LogP contribution >= 0.6 is 0 Å². The smallest absolute Gasteiger partial charge is 0.328 e. The van der Waals surface area contributed by atoms with Gasteiger partial charge in [0.1, 0.15) is 17.9 Å². The van der Waals surface area contributed by atoms with Crippen molar-refractivity contribution in [2.45, 2.75) is 47.2 Å². The second-order valence-electron chi connectivity index (χ2n) is 6.73.